The Bertz CT molecular complexity index is 8650. The second-order valence-corrected chi connectivity index (χ2v) is 36.8. The fraction of sp³-hybridized carbons (Fsp3) is 0.0164. The van der Waals surface area contributed by atoms with Crippen LogP contribution in [-0.2, 0) is 10.8 Å². The van der Waals surface area contributed by atoms with Gasteiger partial charge in [-0.2, -0.15) is 0 Å². The Morgan fingerprint density at radius 1 is 0.156 bits per heavy atom. The van der Waals surface area contributed by atoms with Crippen molar-refractivity contribution in [3.05, 3.63) is 493 Å². The highest BCUT2D eigenvalue weighted by Gasteiger charge is 2.52. The van der Waals surface area contributed by atoms with Crippen LogP contribution < -0.4 is 0 Å². The summed E-state index contributed by atoms with van der Waals surface area (Å²) in [5.74, 6) is 0. The van der Waals surface area contributed by atoms with Gasteiger partial charge in [0, 0.05) is 106 Å². The van der Waals surface area contributed by atoms with Crippen molar-refractivity contribution in [2.75, 3.05) is 0 Å². The summed E-state index contributed by atoms with van der Waals surface area (Å²) in [7, 11) is 0. The lowest BCUT2D eigenvalue weighted by molar-refractivity contribution is 0.767. The molecule has 6 heterocycles. The number of fused-ring (bicyclic) bond motifs is 31. The fourth-order valence-corrected chi connectivity index (χ4v) is 25.8. The summed E-state index contributed by atoms with van der Waals surface area (Å²) in [6, 6.07) is 168. The molecule has 3 aliphatic rings. The largest absolute Gasteiger partial charge is 0.309 e. The summed E-state index contributed by atoms with van der Waals surface area (Å²) < 4.78 is 15.3. The number of aromatic nitrogens is 4. The first-order valence-corrected chi connectivity index (χ1v) is 45.9. The van der Waals surface area contributed by atoms with Crippen LogP contribution in [0.25, 0.3) is 206 Å². The average molecular weight is 1660 g/mol. The predicted molar refractivity (Wildman–Crippen MR) is 540 cm³/mol. The van der Waals surface area contributed by atoms with Gasteiger partial charge in [0.25, 0.3) is 0 Å². The van der Waals surface area contributed by atoms with Gasteiger partial charge in [-0.1, -0.05) is 340 Å². The molecule has 1 spiro atoms. The van der Waals surface area contributed by atoms with Crippen molar-refractivity contribution in [2.24, 2.45) is 0 Å². The molecule has 0 atom stereocenters. The lowest BCUT2D eigenvalue weighted by Gasteiger charge is -2.34. The number of hydrogen-bond acceptors (Lipinski definition) is 2. The molecule has 0 saturated carbocycles. The van der Waals surface area contributed by atoms with E-state index in [1.54, 1.807) is 0 Å². The van der Waals surface area contributed by atoms with Crippen molar-refractivity contribution in [3.8, 4) is 78.4 Å². The zero-order valence-electron chi connectivity index (χ0n) is 69.3. The zero-order chi connectivity index (χ0) is 83.6. The molecule has 0 radical (unpaired) electrons. The maximum Gasteiger partial charge on any atom is 0.0726 e. The van der Waals surface area contributed by atoms with Gasteiger partial charge < -0.3 is 18.3 Å². The van der Waals surface area contributed by atoms with Crippen molar-refractivity contribution in [1.29, 1.82) is 0 Å². The van der Waals surface area contributed by atoms with Gasteiger partial charge in [0.15, 0.2) is 0 Å². The highest BCUT2D eigenvalue weighted by atomic mass is 32.1. The molecule has 594 valence electrons. The molecule has 0 bridgehead atoms. The minimum absolute atomic E-state index is 0.408. The maximum atomic E-state index is 2.52. The molecule has 0 aliphatic heterocycles. The molecule has 0 fully saturated rings. The summed E-state index contributed by atoms with van der Waals surface area (Å²) in [5, 5.41) is 15.3. The number of rotatable bonds is 8. The molecule has 0 saturated heterocycles. The van der Waals surface area contributed by atoms with Gasteiger partial charge in [-0.15, -0.1) is 22.7 Å². The normalized spacial score (nSPS) is 13.3. The lowest BCUT2D eigenvalue weighted by Crippen LogP contribution is -2.28. The van der Waals surface area contributed by atoms with Crippen molar-refractivity contribution < 1.29 is 0 Å². The lowest BCUT2D eigenvalue weighted by atomic mass is 9.67. The third-order valence-electron chi connectivity index (χ3n) is 28.6. The summed E-state index contributed by atoms with van der Waals surface area (Å²) in [5.41, 5.74) is 36.8. The zero-order valence-corrected chi connectivity index (χ0v) is 71.0. The smallest absolute Gasteiger partial charge is 0.0726 e. The van der Waals surface area contributed by atoms with E-state index in [9.17, 15) is 0 Å². The third kappa shape index (κ3) is 9.87. The first-order valence-electron chi connectivity index (χ1n) is 44.3. The van der Waals surface area contributed by atoms with Crippen LogP contribution in [0.2, 0.25) is 0 Å². The van der Waals surface area contributed by atoms with Crippen molar-refractivity contribution in [3.63, 3.8) is 0 Å². The molecular weight excluding hydrogens is 1590 g/mol. The van der Waals surface area contributed by atoms with Crippen LogP contribution in [0.4, 0.5) is 0 Å². The molecule has 3 aliphatic carbocycles. The van der Waals surface area contributed by atoms with Crippen LogP contribution >= 0.6 is 22.7 Å². The number of hydrogen-bond donors (Lipinski definition) is 0. The molecule has 29 rings (SSSR count). The van der Waals surface area contributed by atoms with Crippen molar-refractivity contribution in [2.45, 2.75) is 10.8 Å². The van der Waals surface area contributed by atoms with E-state index >= 15 is 0 Å². The first kappa shape index (κ1) is 71.5. The third-order valence-corrected chi connectivity index (χ3v) is 31.0. The van der Waals surface area contributed by atoms with Gasteiger partial charge in [0.2, 0.25) is 0 Å². The standard InChI is InChI=1S/C61H36N2S.C61H38N2S/c1-7-22-51-41(14-1)42-15-2-8-23-52(42)61(51)53-24-9-3-16-43(53)44-33-32-39(34-54(44)61)63-56-26-11-5-18-46(56)50-35-57-49(36-58(50)63)45-17-4-10-25-55(45)62(57)38-30-28-37(29-31-38)40-20-13-21-48-47-19-6-12-27-59(47)64-60(40)48;1-3-16-40(17-4-1)61(41-18-5-2-6-19-41)53-26-11-7-20-45(53)46-35-34-43(36-54(46)61)63-56-28-13-9-22-48(56)52-37-57-51(38-58(52)63)47-21-8-12-27-55(47)62(57)42-32-30-39(31-33-42)44-24-15-25-50-49-23-10-14-29-59(49)64-60(44)50/h1-36H;1-38H. The van der Waals surface area contributed by atoms with E-state index in [1.165, 1.54) is 233 Å². The van der Waals surface area contributed by atoms with Crippen LogP contribution in [-0.4, -0.2) is 18.3 Å². The monoisotopic (exact) mass is 1660 g/mol. The van der Waals surface area contributed by atoms with Crippen molar-refractivity contribution in [1.82, 2.24) is 18.3 Å². The minimum Gasteiger partial charge on any atom is -0.309 e. The predicted octanol–water partition coefficient (Wildman–Crippen LogP) is 32.5. The Morgan fingerprint density at radius 3 is 0.789 bits per heavy atom. The minimum atomic E-state index is -0.482. The number of thiophene rings is 2. The van der Waals surface area contributed by atoms with Crippen LogP contribution in [0.15, 0.2) is 449 Å². The summed E-state index contributed by atoms with van der Waals surface area (Å²) in [4.78, 5) is 0. The highest BCUT2D eigenvalue weighted by molar-refractivity contribution is 7.26. The van der Waals surface area contributed by atoms with E-state index in [2.05, 4.69) is 467 Å². The first-order chi connectivity index (χ1) is 63.5. The van der Waals surface area contributed by atoms with E-state index in [1.807, 2.05) is 22.7 Å². The molecular formula is C122H74N4S2. The SMILES string of the molecule is c1ccc(C2(c3ccccc3)c3ccccc3-c3ccc(-n4c5ccccc5c5cc6c(cc54)c4ccccc4n6-c4ccc(-c5cccc6c5sc5ccccc56)cc4)cc32)cc1.c1ccc2c(c1)-c1ccccc1C21c2ccccc2-c2ccc(-n3c4ccccc4c4cc5c(cc43)c3ccccc3n5-c3ccc(-c4cccc5c4sc4ccccc45)cc3)cc21. The van der Waals surface area contributed by atoms with E-state index < -0.39 is 10.8 Å². The molecule has 0 amide bonds. The van der Waals surface area contributed by atoms with Crippen LogP contribution in [0.3, 0.4) is 0 Å². The molecule has 128 heavy (non-hydrogen) atoms. The molecule has 20 aromatic carbocycles. The molecule has 0 unspecified atom stereocenters. The van der Waals surface area contributed by atoms with Gasteiger partial charge in [-0.25, -0.2) is 0 Å². The van der Waals surface area contributed by atoms with Gasteiger partial charge in [-0.3, -0.25) is 0 Å². The summed E-state index contributed by atoms with van der Waals surface area (Å²) >= 11 is 3.77. The Balaban J connectivity index is 0.000000129. The Morgan fingerprint density at radius 2 is 0.422 bits per heavy atom. The number of nitrogens with zero attached hydrogens (tertiary/aromatic N) is 4. The number of para-hydroxylation sites is 4. The van der Waals surface area contributed by atoms with Gasteiger partial charge in [0.05, 0.1) is 55.0 Å². The Hall–Kier alpha value is -16.0. The second-order valence-electron chi connectivity index (χ2n) is 34.7. The Labute approximate surface area is 745 Å². The summed E-state index contributed by atoms with van der Waals surface area (Å²) in [6.07, 6.45) is 0. The van der Waals surface area contributed by atoms with E-state index in [-0.39, 0.29) is 0 Å². The van der Waals surface area contributed by atoms with E-state index in [0.717, 1.165) is 17.1 Å². The second kappa shape index (κ2) is 27.3. The Kier molecular flexibility index (Phi) is 15.2. The van der Waals surface area contributed by atoms with E-state index in [0.29, 0.717) is 0 Å². The number of benzene rings is 20. The van der Waals surface area contributed by atoms with E-state index in [4.69, 9.17) is 0 Å². The van der Waals surface area contributed by atoms with Crippen LogP contribution in [0, 0.1) is 0 Å². The van der Waals surface area contributed by atoms with Crippen LogP contribution in [0.5, 0.6) is 0 Å². The van der Waals surface area contributed by atoms with Gasteiger partial charge >= 0.3 is 0 Å². The fourth-order valence-electron chi connectivity index (χ4n) is 23.3. The molecule has 26 aromatic rings. The maximum absolute atomic E-state index is 2.52. The van der Waals surface area contributed by atoms with Crippen molar-refractivity contribution >= 4 is 150 Å². The molecule has 6 heteroatoms. The summed E-state index contributed by atoms with van der Waals surface area (Å²) in [6.45, 7) is 0. The van der Waals surface area contributed by atoms with Gasteiger partial charge in [-0.05, 0) is 209 Å². The van der Waals surface area contributed by atoms with Crippen LogP contribution in [0.1, 0.15) is 44.5 Å². The molecule has 0 N–H and O–H groups in total. The van der Waals surface area contributed by atoms with Gasteiger partial charge in [0.1, 0.15) is 0 Å². The highest BCUT2D eigenvalue weighted by Crippen LogP contribution is 2.64. The molecule has 6 aromatic heterocycles. The quantitative estimate of drug-likeness (QED) is 0.144. The average Bonchev–Trinajstić information content (AvgIpc) is 1.50. The topological polar surface area (TPSA) is 19.7 Å². The molecule has 4 nitrogen and oxygen atoms in total.